The van der Waals surface area contributed by atoms with E-state index in [1.165, 1.54) is 6.08 Å². The molecule has 0 aromatic heterocycles. The van der Waals surface area contributed by atoms with Crippen molar-refractivity contribution in [2.75, 3.05) is 14.2 Å². The Morgan fingerprint density at radius 1 is 1.29 bits per heavy atom. The first-order valence-corrected chi connectivity index (χ1v) is 3.83. The SMILES string of the molecule is COC.O=C/C=C/c1cc[c-]cc1.[Re]. The summed E-state index contributed by atoms with van der Waals surface area (Å²) in [6, 6.07) is 10.3. The van der Waals surface area contributed by atoms with Gasteiger partial charge < -0.3 is 4.74 Å². The van der Waals surface area contributed by atoms with Gasteiger partial charge in [0, 0.05) is 34.6 Å². The quantitative estimate of drug-likeness (QED) is 0.456. The second kappa shape index (κ2) is 12.3. The van der Waals surface area contributed by atoms with Crippen LogP contribution in [0.25, 0.3) is 6.08 Å². The van der Waals surface area contributed by atoms with Crippen LogP contribution in [-0.4, -0.2) is 20.5 Å². The first kappa shape index (κ1) is 15.7. The van der Waals surface area contributed by atoms with E-state index < -0.39 is 0 Å². The van der Waals surface area contributed by atoms with Crippen molar-refractivity contribution in [2.24, 2.45) is 0 Å². The van der Waals surface area contributed by atoms with Crippen molar-refractivity contribution in [3.63, 3.8) is 0 Å². The summed E-state index contributed by atoms with van der Waals surface area (Å²) in [4.78, 5) is 9.88. The predicted molar refractivity (Wildman–Crippen MR) is 53.3 cm³/mol. The third-order valence-electron chi connectivity index (χ3n) is 1.11. The second-order valence-electron chi connectivity index (χ2n) is 2.24. The van der Waals surface area contributed by atoms with E-state index in [9.17, 15) is 4.79 Å². The van der Waals surface area contributed by atoms with Crippen LogP contribution < -0.4 is 0 Å². The van der Waals surface area contributed by atoms with Gasteiger partial charge in [0.05, 0.1) is 0 Å². The minimum atomic E-state index is 0. The fraction of sp³-hybridized carbons (Fsp3) is 0.182. The van der Waals surface area contributed by atoms with Gasteiger partial charge in [0.25, 0.3) is 0 Å². The third kappa shape index (κ3) is 9.34. The van der Waals surface area contributed by atoms with Gasteiger partial charge in [-0.05, 0) is 6.08 Å². The Morgan fingerprint density at radius 3 is 2.21 bits per heavy atom. The summed E-state index contributed by atoms with van der Waals surface area (Å²) in [7, 11) is 3.25. The molecule has 1 aromatic rings. The van der Waals surface area contributed by atoms with Gasteiger partial charge in [-0.15, -0.1) is 5.56 Å². The first-order valence-electron chi connectivity index (χ1n) is 3.83. The Bertz CT molecular complexity index is 245. The van der Waals surface area contributed by atoms with Gasteiger partial charge in [-0.2, -0.15) is 30.3 Å². The van der Waals surface area contributed by atoms with E-state index in [4.69, 9.17) is 0 Å². The molecule has 0 aliphatic heterocycles. The van der Waals surface area contributed by atoms with Gasteiger partial charge >= 0.3 is 0 Å². The smallest absolute Gasteiger partial charge is 0.142 e. The Kier molecular flexibility index (Phi) is 13.8. The molecule has 77 valence electrons. The van der Waals surface area contributed by atoms with Gasteiger partial charge in [0.2, 0.25) is 0 Å². The number of carbonyl (C=O) groups excluding carboxylic acids is 1. The first-order chi connectivity index (χ1) is 6.35. The number of rotatable bonds is 2. The molecule has 0 spiro atoms. The number of hydrogen-bond acceptors (Lipinski definition) is 2. The zero-order valence-electron chi connectivity index (χ0n) is 8.24. The average molecular weight is 363 g/mol. The van der Waals surface area contributed by atoms with Crippen LogP contribution in [0, 0.1) is 6.07 Å². The summed E-state index contributed by atoms with van der Waals surface area (Å²) in [5.41, 5.74) is 1.02. The molecule has 14 heavy (non-hydrogen) atoms. The topological polar surface area (TPSA) is 26.3 Å². The van der Waals surface area contributed by atoms with E-state index in [1.54, 1.807) is 20.3 Å². The molecule has 0 unspecified atom stereocenters. The Balaban J connectivity index is 0. The molecule has 0 saturated carbocycles. The standard InChI is InChI=1S/C9H7O.C2H6O.Re/c10-8-4-7-9-5-2-1-3-6-9;1-3-2;/h2-8H;1-2H3;/q-1;;/b7-4+;;. The van der Waals surface area contributed by atoms with Crippen LogP contribution in [-0.2, 0) is 30.0 Å². The van der Waals surface area contributed by atoms with E-state index in [0.29, 0.717) is 0 Å². The fourth-order valence-corrected chi connectivity index (χ4v) is 0.661. The molecule has 1 rings (SSSR count). The molecule has 1 aromatic carbocycles. The van der Waals surface area contributed by atoms with E-state index in [-0.39, 0.29) is 20.4 Å². The molecule has 0 amide bonds. The molecule has 0 saturated heterocycles. The molecule has 0 fully saturated rings. The molecule has 1 radical (unpaired) electrons. The Morgan fingerprint density at radius 2 is 1.79 bits per heavy atom. The van der Waals surface area contributed by atoms with Gasteiger partial charge in [-0.3, -0.25) is 4.79 Å². The normalized spacial score (nSPS) is 8.43. The van der Waals surface area contributed by atoms with E-state index in [1.807, 2.05) is 24.3 Å². The number of carbonyl (C=O) groups is 1. The van der Waals surface area contributed by atoms with Crippen LogP contribution in [0.1, 0.15) is 5.56 Å². The van der Waals surface area contributed by atoms with E-state index >= 15 is 0 Å². The second-order valence-corrected chi connectivity index (χ2v) is 2.24. The number of hydrogen-bond donors (Lipinski definition) is 0. The van der Waals surface area contributed by atoms with E-state index in [2.05, 4.69) is 10.8 Å². The maximum Gasteiger partial charge on any atom is 0.142 e. The van der Waals surface area contributed by atoms with Crippen LogP contribution in [0.15, 0.2) is 30.3 Å². The van der Waals surface area contributed by atoms with Crippen LogP contribution >= 0.6 is 0 Å². The largest absolute Gasteiger partial charge is 0.388 e. The van der Waals surface area contributed by atoms with Gasteiger partial charge in [0.15, 0.2) is 0 Å². The summed E-state index contributed by atoms with van der Waals surface area (Å²) in [5.74, 6) is 0. The van der Waals surface area contributed by atoms with Crippen molar-refractivity contribution < 1.29 is 30.0 Å². The molecule has 0 atom stereocenters. The molecular formula is C11H13O2Re-. The maximum absolute atomic E-state index is 9.88. The third-order valence-corrected chi connectivity index (χ3v) is 1.11. The molecule has 3 heteroatoms. The number of methoxy groups -OCH3 is 1. The van der Waals surface area contributed by atoms with Crippen molar-refractivity contribution in [1.82, 2.24) is 0 Å². The molecule has 0 aliphatic carbocycles. The maximum atomic E-state index is 9.88. The molecule has 0 bridgehead atoms. The van der Waals surface area contributed by atoms with Crippen LogP contribution in [0.4, 0.5) is 0 Å². The zero-order valence-corrected chi connectivity index (χ0v) is 11.0. The predicted octanol–water partition coefficient (Wildman–Crippen LogP) is 1.96. The van der Waals surface area contributed by atoms with Gasteiger partial charge in [0.1, 0.15) is 6.29 Å². The van der Waals surface area contributed by atoms with Crippen LogP contribution in [0.2, 0.25) is 0 Å². The van der Waals surface area contributed by atoms with Crippen molar-refractivity contribution in [2.45, 2.75) is 0 Å². The summed E-state index contributed by atoms with van der Waals surface area (Å²) >= 11 is 0. The Labute approximate surface area is 98.6 Å². The zero-order chi connectivity index (χ0) is 9.94. The summed E-state index contributed by atoms with van der Waals surface area (Å²) < 4.78 is 4.25. The van der Waals surface area contributed by atoms with E-state index in [0.717, 1.165) is 11.8 Å². The number of benzene rings is 1. The molecular weight excluding hydrogens is 350 g/mol. The van der Waals surface area contributed by atoms with Crippen molar-refractivity contribution >= 4 is 12.4 Å². The average Bonchev–Trinajstić information content (AvgIpc) is 2.18. The molecule has 2 nitrogen and oxygen atoms in total. The number of aldehydes is 1. The van der Waals surface area contributed by atoms with Crippen LogP contribution in [0.5, 0.6) is 0 Å². The number of ether oxygens (including phenoxy) is 1. The summed E-state index contributed by atoms with van der Waals surface area (Å²) in [6.45, 7) is 0. The molecule has 0 N–H and O–H groups in total. The summed E-state index contributed by atoms with van der Waals surface area (Å²) in [5, 5.41) is 0. The molecule has 0 heterocycles. The fourth-order valence-electron chi connectivity index (χ4n) is 0.661. The van der Waals surface area contributed by atoms with Gasteiger partial charge in [-0.25, -0.2) is 0 Å². The van der Waals surface area contributed by atoms with Crippen molar-refractivity contribution in [3.8, 4) is 0 Å². The minimum Gasteiger partial charge on any atom is -0.388 e. The molecule has 0 aliphatic rings. The van der Waals surface area contributed by atoms with Crippen molar-refractivity contribution in [1.29, 1.82) is 0 Å². The Hall–Kier alpha value is -0.748. The summed E-state index contributed by atoms with van der Waals surface area (Å²) in [6.07, 6.45) is 3.98. The van der Waals surface area contributed by atoms with Crippen molar-refractivity contribution in [3.05, 3.63) is 42.0 Å². The monoisotopic (exact) mass is 364 g/mol. The van der Waals surface area contributed by atoms with Crippen LogP contribution in [0.3, 0.4) is 0 Å². The number of allylic oxidation sites excluding steroid dienone is 1. The minimum absolute atomic E-state index is 0. The van der Waals surface area contributed by atoms with Gasteiger partial charge in [-0.1, -0.05) is 6.08 Å².